The molecule has 20 heavy (non-hydrogen) atoms. The molecule has 0 bridgehead atoms. The van der Waals surface area contributed by atoms with Gasteiger partial charge in [0.25, 0.3) is 0 Å². The Bertz CT molecular complexity index is 493. The van der Waals surface area contributed by atoms with E-state index in [1.165, 1.54) is 6.92 Å². The summed E-state index contributed by atoms with van der Waals surface area (Å²) >= 11 is 5.79. The maximum Gasteiger partial charge on any atom is 0.415 e. The number of carboxylic acids is 1. The number of halogens is 1. The summed E-state index contributed by atoms with van der Waals surface area (Å²) in [6.45, 7) is 6.57. The minimum Gasteiger partial charge on any atom is -0.480 e. The van der Waals surface area contributed by atoms with Gasteiger partial charge in [-0.15, -0.1) is 0 Å². The van der Waals surface area contributed by atoms with Gasteiger partial charge in [-0.3, -0.25) is 4.90 Å². The molecule has 0 spiro atoms. The normalized spacial score (nSPS) is 12.7. The number of anilines is 1. The van der Waals surface area contributed by atoms with Gasteiger partial charge in [0.2, 0.25) is 0 Å². The number of nitrogens with zero attached hydrogens (tertiary/aromatic N) is 1. The molecule has 0 aromatic heterocycles. The molecule has 0 heterocycles. The Labute approximate surface area is 123 Å². The highest BCUT2D eigenvalue weighted by Gasteiger charge is 2.31. The number of aliphatic carboxylic acids is 1. The summed E-state index contributed by atoms with van der Waals surface area (Å²) in [5.74, 6) is -1.12. The Kier molecular flexibility index (Phi) is 5.00. The maximum absolute atomic E-state index is 12.2. The molecule has 1 aromatic carbocycles. The number of carboxylic acid groups (broad SMARTS) is 1. The first kappa shape index (κ1) is 16.3. The largest absolute Gasteiger partial charge is 0.480 e. The Morgan fingerprint density at radius 1 is 1.25 bits per heavy atom. The van der Waals surface area contributed by atoms with Crippen molar-refractivity contribution in [2.75, 3.05) is 4.90 Å². The minimum atomic E-state index is -1.12. The van der Waals surface area contributed by atoms with Crippen molar-refractivity contribution in [3.63, 3.8) is 0 Å². The first-order valence-corrected chi connectivity index (χ1v) is 6.50. The quantitative estimate of drug-likeness (QED) is 0.926. The Hall–Kier alpha value is -1.75. The second-order valence-corrected chi connectivity index (χ2v) is 5.78. The molecule has 0 saturated carbocycles. The molecule has 110 valence electrons. The molecule has 1 atom stereocenters. The molecular formula is C14H18ClNO4. The molecule has 1 rings (SSSR count). The van der Waals surface area contributed by atoms with E-state index in [9.17, 15) is 9.59 Å². The molecule has 0 aliphatic carbocycles. The summed E-state index contributed by atoms with van der Waals surface area (Å²) in [4.78, 5) is 24.5. The van der Waals surface area contributed by atoms with Gasteiger partial charge in [-0.2, -0.15) is 0 Å². The lowest BCUT2D eigenvalue weighted by atomic mass is 10.2. The highest BCUT2D eigenvalue weighted by Crippen LogP contribution is 2.23. The summed E-state index contributed by atoms with van der Waals surface area (Å²) in [5, 5.41) is 9.64. The van der Waals surface area contributed by atoms with Crippen LogP contribution in [0.4, 0.5) is 10.5 Å². The Morgan fingerprint density at radius 3 is 2.15 bits per heavy atom. The van der Waals surface area contributed by atoms with E-state index in [2.05, 4.69) is 0 Å². The van der Waals surface area contributed by atoms with E-state index in [0.29, 0.717) is 10.7 Å². The molecule has 0 fully saturated rings. The van der Waals surface area contributed by atoms with Crippen LogP contribution in [0.3, 0.4) is 0 Å². The predicted octanol–water partition coefficient (Wildman–Crippen LogP) is 3.55. The minimum absolute atomic E-state index is 0.415. The van der Waals surface area contributed by atoms with Crippen molar-refractivity contribution >= 4 is 29.4 Å². The van der Waals surface area contributed by atoms with E-state index in [-0.39, 0.29) is 0 Å². The smallest absolute Gasteiger partial charge is 0.415 e. The van der Waals surface area contributed by atoms with Crippen LogP contribution in [0.1, 0.15) is 27.7 Å². The SMILES string of the molecule is CC(C(=O)O)N(C(=O)OC(C)(C)C)c1ccc(Cl)cc1. The van der Waals surface area contributed by atoms with Crippen LogP contribution in [-0.2, 0) is 9.53 Å². The molecular weight excluding hydrogens is 282 g/mol. The number of benzene rings is 1. The number of ether oxygens (including phenoxy) is 1. The Morgan fingerprint density at radius 2 is 1.75 bits per heavy atom. The van der Waals surface area contributed by atoms with Crippen LogP contribution in [0.5, 0.6) is 0 Å². The van der Waals surface area contributed by atoms with Crippen molar-refractivity contribution in [3.8, 4) is 0 Å². The molecule has 5 nitrogen and oxygen atoms in total. The highest BCUT2D eigenvalue weighted by atomic mass is 35.5. The molecule has 1 N–H and O–H groups in total. The third kappa shape index (κ3) is 4.42. The topological polar surface area (TPSA) is 66.8 Å². The molecule has 0 aliphatic heterocycles. The predicted molar refractivity (Wildman–Crippen MR) is 77.3 cm³/mol. The number of hydrogen-bond donors (Lipinski definition) is 1. The lowest BCUT2D eigenvalue weighted by molar-refractivity contribution is -0.138. The van der Waals surface area contributed by atoms with E-state index >= 15 is 0 Å². The summed E-state index contributed by atoms with van der Waals surface area (Å²) in [6, 6.07) is 5.27. The average Bonchev–Trinajstić information content (AvgIpc) is 2.29. The third-order valence-corrected chi connectivity index (χ3v) is 2.69. The number of rotatable bonds is 3. The maximum atomic E-state index is 12.2. The molecule has 0 aliphatic rings. The fourth-order valence-corrected chi connectivity index (χ4v) is 1.64. The average molecular weight is 300 g/mol. The second kappa shape index (κ2) is 6.13. The van der Waals surface area contributed by atoms with Crippen LogP contribution in [0.25, 0.3) is 0 Å². The molecule has 1 amide bonds. The van der Waals surface area contributed by atoms with Crippen molar-refractivity contribution in [3.05, 3.63) is 29.3 Å². The first-order valence-electron chi connectivity index (χ1n) is 6.12. The van der Waals surface area contributed by atoms with E-state index in [1.54, 1.807) is 45.0 Å². The van der Waals surface area contributed by atoms with Crippen molar-refractivity contribution in [2.24, 2.45) is 0 Å². The van der Waals surface area contributed by atoms with Gasteiger partial charge >= 0.3 is 12.1 Å². The molecule has 0 radical (unpaired) electrons. The standard InChI is InChI=1S/C14H18ClNO4/c1-9(12(17)18)16(13(19)20-14(2,3)4)11-7-5-10(15)6-8-11/h5-9H,1-4H3,(H,17,18). The van der Waals surface area contributed by atoms with Crippen molar-refractivity contribution < 1.29 is 19.4 Å². The van der Waals surface area contributed by atoms with Crippen molar-refractivity contribution in [2.45, 2.75) is 39.3 Å². The van der Waals surface area contributed by atoms with Gasteiger partial charge in [0.05, 0.1) is 0 Å². The third-order valence-electron chi connectivity index (χ3n) is 2.44. The fraction of sp³-hybridized carbons (Fsp3) is 0.429. The summed E-state index contributed by atoms with van der Waals surface area (Å²) in [6.07, 6.45) is -0.713. The van der Waals surface area contributed by atoms with Crippen LogP contribution in [0.15, 0.2) is 24.3 Å². The van der Waals surface area contributed by atoms with Gasteiger partial charge in [0.1, 0.15) is 11.6 Å². The number of amides is 1. The van der Waals surface area contributed by atoms with Gasteiger partial charge in [-0.1, -0.05) is 11.6 Å². The molecule has 1 unspecified atom stereocenters. The fourth-order valence-electron chi connectivity index (χ4n) is 1.51. The zero-order valence-electron chi connectivity index (χ0n) is 11.9. The number of hydrogen-bond acceptors (Lipinski definition) is 3. The summed E-state index contributed by atoms with van der Waals surface area (Å²) in [5.41, 5.74) is -0.293. The van der Waals surface area contributed by atoms with Gasteiger partial charge < -0.3 is 9.84 Å². The zero-order chi connectivity index (χ0) is 15.5. The van der Waals surface area contributed by atoms with Crippen molar-refractivity contribution in [1.82, 2.24) is 0 Å². The van der Waals surface area contributed by atoms with Gasteiger partial charge in [0.15, 0.2) is 0 Å². The molecule has 0 saturated heterocycles. The van der Waals surface area contributed by atoms with Gasteiger partial charge in [0, 0.05) is 10.7 Å². The molecule has 1 aromatic rings. The van der Waals surface area contributed by atoms with Gasteiger partial charge in [-0.05, 0) is 52.0 Å². The van der Waals surface area contributed by atoms with Crippen LogP contribution in [-0.4, -0.2) is 28.8 Å². The lowest BCUT2D eigenvalue weighted by Crippen LogP contribution is -2.46. The van der Waals surface area contributed by atoms with E-state index in [0.717, 1.165) is 4.90 Å². The van der Waals surface area contributed by atoms with Crippen molar-refractivity contribution in [1.29, 1.82) is 0 Å². The first-order chi connectivity index (χ1) is 9.11. The van der Waals surface area contributed by atoms with Gasteiger partial charge in [-0.25, -0.2) is 9.59 Å². The zero-order valence-corrected chi connectivity index (χ0v) is 12.6. The van der Waals surface area contributed by atoms with Crippen LogP contribution in [0.2, 0.25) is 5.02 Å². The number of carbonyl (C=O) groups is 2. The van der Waals surface area contributed by atoms with E-state index in [1.807, 2.05) is 0 Å². The van der Waals surface area contributed by atoms with Crippen LogP contribution < -0.4 is 4.90 Å². The Balaban J connectivity index is 3.12. The second-order valence-electron chi connectivity index (χ2n) is 5.34. The number of carbonyl (C=O) groups excluding carboxylic acids is 1. The van der Waals surface area contributed by atoms with E-state index in [4.69, 9.17) is 21.4 Å². The van der Waals surface area contributed by atoms with E-state index < -0.39 is 23.7 Å². The summed E-state index contributed by atoms with van der Waals surface area (Å²) in [7, 11) is 0. The highest BCUT2D eigenvalue weighted by molar-refractivity contribution is 6.30. The lowest BCUT2D eigenvalue weighted by Gasteiger charge is -2.29. The summed E-state index contributed by atoms with van der Waals surface area (Å²) < 4.78 is 5.25. The van der Waals surface area contributed by atoms with Crippen LogP contribution >= 0.6 is 11.6 Å². The molecule has 6 heteroatoms. The monoisotopic (exact) mass is 299 g/mol. The van der Waals surface area contributed by atoms with Crippen LogP contribution in [0, 0.1) is 0 Å².